The molecule has 3 heteroatoms. The molecule has 1 rings (SSSR count). The Balaban J connectivity index is 2.60. The first-order valence-corrected chi connectivity index (χ1v) is 7.40. The third-order valence-corrected chi connectivity index (χ3v) is 3.66. The molecular weight excluding hydrogens is 262 g/mol. The third kappa shape index (κ3) is 6.20. The molecule has 0 saturated carbocycles. The fourth-order valence-electron chi connectivity index (χ4n) is 2.13. The highest BCUT2D eigenvalue weighted by Crippen LogP contribution is 2.21. The van der Waals surface area contributed by atoms with Crippen molar-refractivity contribution in [2.75, 3.05) is 20.2 Å². The molecule has 3 nitrogen and oxygen atoms in total. The molecule has 0 aliphatic carbocycles. The Morgan fingerprint density at radius 3 is 2.48 bits per heavy atom. The van der Waals surface area contributed by atoms with Crippen LogP contribution in [0, 0.1) is 12.3 Å². The molecule has 0 fully saturated rings. The van der Waals surface area contributed by atoms with E-state index in [1.54, 1.807) is 0 Å². The molecule has 0 bridgehead atoms. The lowest BCUT2D eigenvalue weighted by atomic mass is 10.0. The maximum absolute atomic E-state index is 9.02. The first-order valence-electron chi connectivity index (χ1n) is 7.40. The summed E-state index contributed by atoms with van der Waals surface area (Å²) in [5, 5.41) is 9.02. The van der Waals surface area contributed by atoms with Gasteiger partial charge in [0, 0.05) is 19.1 Å². The Morgan fingerprint density at radius 2 is 1.95 bits per heavy atom. The average molecular weight is 289 g/mol. The molecule has 1 aromatic rings. The van der Waals surface area contributed by atoms with Gasteiger partial charge in [-0.1, -0.05) is 18.1 Å². The number of ether oxygens (including phenoxy) is 1. The van der Waals surface area contributed by atoms with E-state index in [4.69, 9.17) is 16.3 Å². The predicted octanol–water partition coefficient (Wildman–Crippen LogP) is 2.72. The summed E-state index contributed by atoms with van der Waals surface area (Å²) in [6.07, 6.45) is 6.91. The maximum atomic E-state index is 9.02. The molecule has 21 heavy (non-hydrogen) atoms. The Morgan fingerprint density at radius 1 is 1.33 bits per heavy atom. The van der Waals surface area contributed by atoms with Gasteiger partial charge in [0.1, 0.15) is 11.4 Å². The molecule has 1 aromatic carbocycles. The predicted molar refractivity (Wildman–Crippen MR) is 87.5 cm³/mol. The summed E-state index contributed by atoms with van der Waals surface area (Å²) in [7, 11) is 2.04. The third-order valence-electron chi connectivity index (χ3n) is 3.66. The summed E-state index contributed by atoms with van der Waals surface area (Å²) >= 11 is 0. The van der Waals surface area contributed by atoms with Crippen LogP contribution in [0.4, 0.5) is 0 Å². The van der Waals surface area contributed by atoms with Crippen molar-refractivity contribution in [1.82, 2.24) is 4.90 Å². The van der Waals surface area contributed by atoms with Gasteiger partial charge in [0.15, 0.2) is 0 Å². The van der Waals surface area contributed by atoms with Crippen molar-refractivity contribution in [3.8, 4) is 18.1 Å². The molecule has 0 heterocycles. The van der Waals surface area contributed by atoms with Crippen LogP contribution in [-0.2, 0) is 6.42 Å². The molecule has 0 aromatic heterocycles. The van der Waals surface area contributed by atoms with Gasteiger partial charge >= 0.3 is 0 Å². The molecule has 1 atom stereocenters. The van der Waals surface area contributed by atoms with Crippen molar-refractivity contribution in [2.45, 2.75) is 45.3 Å². The van der Waals surface area contributed by atoms with E-state index in [1.807, 2.05) is 33.0 Å². The number of benzene rings is 1. The van der Waals surface area contributed by atoms with Gasteiger partial charge in [-0.2, -0.15) is 0 Å². The smallest absolute Gasteiger partial charge is 0.120 e. The summed E-state index contributed by atoms with van der Waals surface area (Å²) in [6.45, 7) is 6.93. The Labute approximate surface area is 128 Å². The van der Waals surface area contributed by atoms with Crippen molar-refractivity contribution >= 4 is 0 Å². The number of hydrogen-bond donors (Lipinski definition) is 1. The van der Waals surface area contributed by atoms with E-state index in [2.05, 4.69) is 29.9 Å². The number of rotatable bonds is 8. The van der Waals surface area contributed by atoms with Gasteiger partial charge in [-0.05, 0) is 51.9 Å². The molecule has 116 valence electrons. The van der Waals surface area contributed by atoms with Crippen molar-refractivity contribution in [3.05, 3.63) is 29.8 Å². The zero-order valence-corrected chi connectivity index (χ0v) is 13.6. The highest BCUT2D eigenvalue weighted by Gasteiger charge is 2.19. The lowest BCUT2D eigenvalue weighted by Gasteiger charge is -2.26. The number of terminal acetylenes is 1. The summed E-state index contributed by atoms with van der Waals surface area (Å²) in [5.74, 6) is 3.50. The molecule has 0 saturated heterocycles. The van der Waals surface area contributed by atoms with E-state index in [1.165, 1.54) is 5.56 Å². The number of hydrogen-bond acceptors (Lipinski definition) is 3. The van der Waals surface area contributed by atoms with Crippen LogP contribution in [-0.4, -0.2) is 41.8 Å². The van der Waals surface area contributed by atoms with Gasteiger partial charge in [0.2, 0.25) is 0 Å². The minimum Gasteiger partial charge on any atom is -0.488 e. The first-order chi connectivity index (χ1) is 9.88. The van der Waals surface area contributed by atoms with Crippen molar-refractivity contribution in [3.63, 3.8) is 0 Å². The normalized spacial score (nSPS) is 13.0. The average Bonchev–Trinajstić information content (AvgIpc) is 2.40. The molecule has 0 amide bonds. The molecule has 1 unspecified atom stereocenters. The van der Waals surface area contributed by atoms with Gasteiger partial charge in [-0.15, -0.1) is 6.42 Å². The van der Waals surface area contributed by atoms with Crippen molar-refractivity contribution < 1.29 is 9.84 Å². The second-order valence-electron chi connectivity index (χ2n) is 6.15. The lowest BCUT2D eigenvalue weighted by Crippen LogP contribution is -2.31. The minimum atomic E-state index is -0.351. The summed E-state index contributed by atoms with van der Waals surface area (Å²) in [4.78, 5) is 2.16. The second-order valence-corrected chi connectivity index (χ2v) is 6.15. The van der Waals surface area contributed by atoms with Gasteiger partial charge in [0.05, 0.1) is 6.54 Å². The summed E-state index contributed by atoms with van der Waals surface area (Å²) < 4.78 is 5.89. The summed E-state index contributed by atoms with van der Waals surface area (Å²) in [5.41, 5.74) is 0.912. The van der Waals surface area contributed by atoms with Gasteiger partial charge in [-0.3, -0.25) is 4.90 Å². The van der Waals surface area contributed by atoms with Crippen LogP contribution >= 0.6 is 0 Å². The van der Waals surface area contributed by atoms with Gasteiger partial charge in [-0.25, -0.2) is 0 Å². The first kappa shape index (κ1) is 17.6. The molecule has 0 aliphatic heterocycles. The van der Waals surface area contributed by atoms with Crippen LogP contribution in [0.3, 0.4) is 0 Å². The SMILES string of the molecule is C#CCN(C)C(C)Cc1ccc(OC(C)(C)CCO)cc1. The Bertz CT molecular complexity index is 459. The molecule has 0 aliphatic rings. The zero-order chi connectivity index (χ0) is 15.9. The number of aliphatic hydroxyl groups excluding tert-OH is 1. The molecular formula is C18H27NO2. The highest BCUT2D eigenvalue weighted by atomic mass is 16.5. The van der Waals surface area contributed by atoms with E-state index in [0.717, 1.165) is 12.2 Å². The van der Waals surface area contributed by atoms with Crippen molar-refractivity contribution in [1.29, 1.82) is 0 Å². The molecule has 0 radical (unpaired) electrons. The number of aliphatic hydroxyl groups is 1. The van der Waals surface area contributed by atoms with E-state index >= 15 is 0 Å². The molecule has 0 spiro atoms. The standard InChI is InChI=1S/C18H27NO2/c1-6-12-19(5)15(2)14-16-7-9-17(10-8-16)21-18(3,4)11-13-20/h1,7-10,15,20H,11-14H2,2-5H3. The minimum absolute atomic E-state index is 0.129. The topological polar surface area (TPSA) is 32.7 Å². The monoisotopic (exact) mass is 289 g/mol. The quantitative estimate of drug-likeness (QED) is 0.747. The van der Waals surface area contributed by atoms with Crippen molar-refractivity contribution in [2.24, 2.45) is 0 Å². The lowest BCUT2D eigenvalue weighted by molar-refractivity contribution is 0.0765. The Kier molecular flexibility index (Phi) is 6.74. The fourth-order valence-corrected chi connectivity index (χ4v) is 2.13. The van der Waals surface area contributed by atoms with Crippen LogP contribution in [0.5, 0.6) is 5.75 Å². The van der Waals surface area contributed by atoms with Crippen LogP contribution in [0.2, 0.25) is 0 Å². The van der Waals surface area contributed by atoms with Crippen LogP contribution in [0.15, 0.2) is 24.3 Å². The van der Waals surface area contributed by atoms with E-state index in [-0.39, 0.29) is 12.2 Å². The number of nitrogens with zero attached hydrogens (tertiary/aromatic N) is 1. The van der Waals surface area contributed by atoms with Gasteiger partial charge in [0.25, 0.3) is 0 Å². The van der Waals surface area contributed by atoms with Crippen LogP contribution < -0.4 is 4.74 Å². The zero-order valence-electron chi connectivity index (χ0n) is 13.6. The maximum Gasteiger partial charge on any atom is 0.120 e. The van der Waals surface area contributed by atoms with Crippen LogP contribution in [0.1, 0.15) is 32.8 Å². The van der Waals surface area contributed by atoms with E-state index in [9.17, 15) is 0 Å². The largest absolute Gasteiger partial charge is 0.488 e. The second kappa shape index (κ2) is 8.07. The molecule has 1 N–H and O–H groups in total. The van der Waals surface area contributed by atoms with E-state index < -0.39 is 0 Å². The van der Waals surface area contributed by atoms with E-state index in [0.29, 0.717) is 19.0 Å². The Hall–Kier alpha value is -1.50. The van der Waals surface area contributed by atoms with Crippen LogP contribution in [0.25, 0.3) is 0 Å². The summed E-state index contributed by atoms with van der Waals surface area (Å²) in [6, 6.07) is 8.55. The number of likely N-dealkylation sites (N-methyl/N-ethyl adjacent to an activating group) is 1. The van der Waals surface area contributed by atoms with Gasteiger partial charge < -0.3 is 9.84 Å². The fraction of sp³-hybridized carbons (Fsp3) is 0.556. The highest BCUT2D eigenvalue weighted by molar-refractivity contribution is 5.28.